The zero-order valence-corrected chi connectivity index (χ0v) is 7.98. The fourth-order valence-corrected chi connectivity index (χ4v) is 0.406. The van der Waals surface area contributed by atoms with Crippen LogP contribution in [0.1, 0.15) is 0 Å². The van der Waals surface area contributed by atoms with Gasteiger partial charge in [-0.3, -0.25) is 0 Å². The molecular weight excluding hydrogens is 202 g/mol. The molecule has 0 saturated heterocycles. The fourth-order valence-electron chi connectivity index (χ4n) is 0.121. The van der Waals surface area contributed by atoms with E-state index in [-0.39, 0.29) is 15.3 Å². The molecule has 11 heavy (non-hydrogen) atoms. The summed E-state index contributed by atoms with van der Waals surface area (Å²) < 4.78 is 0. The highest BCUT2D eigenvalue weighted by Crippen LogP contribution is 1.55. The summed E-state index contributed by atoms with van der Waals surface area (Å²) in [5.74, 6) is 0. The highest BCUT2D eigenvalue weighted by molar-refractivity contribution is 7.81. The van der Waals surface area contributed by atoms with Crippen molar-refractivity contribution in [3.63, 3.8) is 0 Å². The highest BCUT2D eigenvalue weighted by Gasteiger charge is 1.83. The van der Waals surface area contributed by atoms with E-state index in [4.69, 9.17) is 11.5 Å². The van der Waals surface area contributed by atoms with Crippen LogP contribution in [0, 0.1) is 0 Å². The summed E-state index contributed by atoms with van der Waals surface area (Å²) in [7, 11) is 0. The molecular formula is C3H9N5S3. The van der Waals surface area contributed by atoms with E-state index in [0.29, 0.717) is 0 Å². The molecule has 0 aromatic rings. The van der Waals surface area contributed by atoms with E-state index in [1.807, 2.05) is 0 Å². The van der Waals surface area contributed by atoms with Crippen LogP contribution in [-0.2, 0) is 0 Å². The molecule has 0 heterocycles. The van der Waals surface area contributed by atoms with Gasteiger partial charge in [-0.25, -0.2) is 0 Å². The van der Waals surface area contributed by atoms with Crippen molar-refractivity contribution in [3.8, 4) is 0 Å². The van der Waals surface area contributed by atoms with Gasteiger partial charge in [-0.15, -0.1) is 0 Å². The maximum atomic E-state index is 4.95. The molecule has 0 atom stereocenters. The van der Waals surface area contributed by atoms with Gasteiger partial charge >= 0.3 is 0 Å². The van der Waals surface area contributed by atoms with Crippen molar-refractivity contribution in [1.29, 1.82) is 0 Å². The topological polar surface area (TPSA) is 116 Å². The van der Waals surface area contributed by atoms with Crippen molar-refractivity contribution in [2.45, 2.75) is 0 Å². The minimum atomic E-state index is 0.000000000000000222. The summed E-state index contributed by atoms with van der Waals surface area (Å²) >= 11 is 12.8. The Balaban J connectivity index is 0. The number of thiocarbonyl (C=S) groups is 3. The minimum Gasteiger partial charge on any atom is -0.377 e. The molecule has 9 N–H and O–H groups in total. The number of hydrogen-bond acceptors (Lipinski definition) is 3. The Bertz CT molecular complexity index is 150. The van der Waals surface area contributed by atoms with E-state index in [2.05, 4.69) is 53.4 Å². The second-order valence-corrected chi connectivity index (χ2v) is 2.61. The maximum Gasteiger partial charge on any atom is 0.169 e. The number of nitrogens with one attached hydrogen (secondary N) is 1. The SMILES string of the molecule is NC(=S)NC(N)=S.NC(N)=S. The molecule has 0 saturated carbocycles. The lowest BCUT2D eigenvalue weighted by Crippen LogP contribution is -2.38. The molecule has 5 nitrogen and oxygen atoms in total. The zero-order valence-electron chi connectivity index (χ0n) is 5.53. The summed E-state index contributed by atoms with van der Waals surface area (Å²) in [4.78, 5) is 0. The third-order valence-corrected chi connectivity index (χ3v) is 0.451. The quantitative estimate of drug-likeness (QED) is 0.300. The van der Waals surface area contributed by atoms with Crippen LogP contribution in [0.4, 0.5) is 0 Å². The van der Waals surface area contributed by atoms with Crippen molar-refractivity contribution in [3.05, 3.63) is 0 Å². The van der Waals surface area contributed by atoms with Crippen LogP contribution < -0.4 is 28.3 Å². The molecule has 64 valence electrons. The first-order valence-corrected chi connectivity index (χ1v) is 3.49. The van der Waals surface area contributed by atoms with Crippen LogP contribution in [0.2, 0.25) is 0 Å². The van der Waals surface area contributed by atoms with Gasteiger partial charge in [-0.1, -0.05) is 0 Å². The van der Waals surface area contributed by atoms with Gasteiger partial charge in [-0.2, -0.15) is 0 Å². The maximum absolute atomic E-state index is 4.95. The molecule has 0 aliphatic carbocycles. The van der Waals surface area contributed by atoms with Gasteiger partial charge in [0, 0.05) is 0 Å². The van der Waals surface area contributed by atoms with Gasteiger partial charge in [0.05, 0.1) is 0 Å². The lowest BCUT2D eigenvalue weighted by molar-refractivity contribution is 1.36. The number of nitrogens with two attached hydrogens (primary N) is 4. The van der Waals surface area contributed by atoms with Gasteiger partial charge in [0.2, 0.25) is 0 Å². The molecule has 0 bridgehead atoms. The van der Waals surface area contributed by atoms with Crippen LogP contribution in [0.5, 0.6) is 0 Å². The summed E-state index contributed by atoms with van der Waals surface area (Å²) in [5, 5.41) is 2.53. The summed E-state index contributed by atoms with van der Waals surface area (Å²) in [6.45, 7) is 0. The molecule has 0 rings (SSSR count). The standard InChI is InChI=1S/C2H5N3S2.CH4N2S/c3-1(6)5-2(4)7;2-1(3)4/h(H5,3,4,5,6,7);(H4,2,3,4). The van der Waals surface area contributed by atoms with Crippen LogP contribution in [0.15, 0.2) is 0 Å². The minimum absolute atomic E-state index is 0.000000000000000222. The molecule has 0 unspecified atom stereocenters. The van der Waals surface area contributed by atoms with Crippen molar-refractivity contribution in [2.75, 3.05) is 0 Å². The van der Waals surface area contributed by atoms with E-state index in [1.54, 1.807) is 0 Å². The van der Waals surface area contributed by atoms with Crippen LogP contribution in [0.3, 0.4) is 0 Å². The van der Waals surface area contributed by atoms with E-state index in [1.165, 1.54) is 0 Å². The van der Waals surface area contributed by atoms with E-state index >= 15 is 0 Å². The Labute approximate surface area is 80.5 Å². The van der Waals surface area contributed by atoms with Crippen molar-refractivity contribution >= 4 is 52.0 Å². The van der Waals surface area contributed by atoms with Crippen LogP contribution >= 0.6 is 36.7 Å². The molecule has 0 aromatic carbocycles. The Morgan fingerprint density at radius 2 is 1.00 bits per heavy atom. The molecule has 0 aliphatic heterocycles. The Kier molecular flexibility index (Phi) is 8.65. The molecule has 0 radical (unpaired) electrons. The van der Waals surface area contributed by atoms with E-state index in [0.717, 1.165) is 0 Å². The third-order valence-electron chi connectivity index (χ3n) is 0.246. The van der Waals surface area contributed by atoms with Crippen molar-refractivity contribution < 1.29 is 0 Å². The molecule has 0 aromatic heterocycles. The Hall–Kier alpha value is -0.730. The summed E-state index contributed by atoms with van der Waals surface area (Å²) in [6.07, 6.45) is 0. The van der Waals surface area contributed by atoms with E-state index < -0.39 is 0 Å². The molecule has 0 fully saturated rings. The first-order chi connectivity index (χ1) is 4.86. The normalized spacial score (nSPS) is 6.91. The smallest absolute Gasteiger partial charge is 0.169 e. The number of hydrogen-bond donors (Lipinski definition) is 5. The first kappa shape index (κ1) is 12.9. The predicted octanol–water partition coefficient (Wildman–Crippen LogP) is -1.75. The third kappa shape index (κ3) is 45.8. The summed E-state index contributed by atoms with van der Waals surface area (Å²) in [5.41, 5.74) is 19.1. The predicted molar refractivity (Wildman–Crippen MR) is 57.7 cm³/mol. The summed E-state index contributed by atoms with van der Waals surface area (Å²) in [6, 6.07) is 0. The fraction of sp³-hybridized carbons (Fsp3) is 0. The highest BCUT2D eigenvalue weighted by atomic mass is 32.1. The average molecular weight is 211 g/mol. The van der Waals surface area contributed by atoms with Crippen LogP contribution in [0.25, 0.3) is 0 Å². The zero-order chi connectivity index (χ0) is 9.44. The number of rotatable bonds is 0. The molecule has 0 spiro atoms. The molecule has 0 aliphatic rings. The Morgan fingerprint density at radius 3 is 1.00 bits per heavy atom. The van der Waals surface area contributed by atoms with Crippen LogP contribution in [-0.4, -0.2) is 15.3 Å². The monoisotopic (exact) mass is 211 g/mol. The van der Waals surface area contributed by atoms with Gasteiger partial charge < -0.3 is 28.3 Å². The lowest BCUT2D eigenvalue weighted by Gasteiger charge is -1.95. The lowest BCUT2D eigenvalue weighted by atomic mass is 11.0. The molecule has 0 amide bonds. The van der Waals surface area contributed by atoms with Gasteiger partial charge in [0.15, 0.2) is 15.3 Å². The van der Waals surface area contributed by atoms with Gasteiger partial charge in [-0.05, 0) is 36.7 Å². The first-order valence-electron chi connectivity index (χ1n) is 2.27. The largest absolute Gasteiger partial charge is 0.377 e. The second kappa shape index (κ2) is 7.38. The van der Waals surface area contributed by atoms with Gasteiger partial charge in [0.25, 0.3) is 0 Å². The Morgan fingerprint density at radius 1 is 0.818 bits per heavy atom. The average Bonchev–Trinajstić information content (AvgIpc) is 1.56. The van der Waals surface area contributed by atoms with Gasteiger partial charge in [0.1, 0.15) is 0 Å². The molecule has 8 heteroatoms. The van der Waals surface area contributed by atoms with Crippen molar-refractivity contribution in [2.24, 2.45) is 22.9 Å². The second-order valence-electron chi connectivity index (χ2n) is 1.26. The van der Waals surface area contributed by atoms with E-state index in [9.17, 15) is 0 Å². The van der Waals surface area contributed by atoms with Crippen molar-refractivity contribution in [1.82, 2.24) is 5.32 Å².